The van der Waals surface area contributed by atoms with Crippen molar-refractivity contribution in [3.8, 4) is 5.75 Å². The summed E-state index contributed by atoms with van der Waals surface area (Å²) in [6.45, 7) is 2.04. The molecule has 25 heavy (non-hydrogen) atoms. The van der Waals surface area contributed by atoms with Crippen LogP contribution in [-0.4, -0.2) is 10.9 Å². The normalized spacial score (nSPS) is 11.8. The average Bonchev–Trinajstić information content (AvgIpc) is 3.11. The molecule has 5 nitrogen and oxygen atoms in total. The highest BCUT2D eigenvalue weighted by molar-refractivity contribution is 5.91. The van der Waals surface area contributed by atoms with Gasteiger partial charge in [-0.05, 0) is 61.0 Å². The lowest BCUT2D eigenvalue weighted by molar-refractivity contribution is 0.0907. The SMILES string of the molecule is C[C@H](NC(=O)c1ccc(COc2ccc(F)cc2)o1)c1ccncc1. The third kappa shape index (κ3) is 4.44. The fourth-order valence-electron chi connectivity index (χ4n) is 2.27. The molecule has 1 aromatic carbocycles. The number of aromatic nitrogens is 1. The predicted molar refractivity (Wildman–Crippen MR) is 89.6 cm³/mol. The van der Waals surface area contributed by atoms with Gasteiger partial charge < -0.3 is 14.5 Å². The largest absolute Gasteiger partial charge is 0.486 e. The first-order valence-corrected chi connectivity index (χ1v) is 7.79. The van der Waals surface area contributed by atoms with E-state index in [2.05, 4.69) is 10.3 Å². The van der Waals surface area contributed by atoms with Crippen LogP contribution >= 0.6 is 0 Å². The van der Waals surface area contributed by atoms with E-state index in [9.17, 15) is 9.18 Å². The van der Waals surface area contributed by atoms with E-state index in [4.69, 9.17) is 9.15 Å². The molecule has 1 N–H and O–H groups in total. The molecule has 0 unspecified atom stereocenters. The molecule has 0 saturated carbocycles. The Morgan fingerprint density at radius 1 is 1.16 bits per heavy atom. The molecule has 3 rings (SSSR count). The number of carbonyl (C=O) groups is 1. The third-order valence-corrected chi connectivity index (χ3v) is 3.63. The number of ether oxygens (including phenoxy) is 1. The van der Waals surface area contributed by atoms with E-state index in [-0.39, 0.29) is 30.1 Å². The van der Waals surface area contributed by atoms with E-state index in [1.54, 1.807) is 24.5 Å². The second-order valence-corrected chi connectivity index (χ2v) is 5.48. The zero-order valence-corrected chi connectivity index (χ0v) is 13.6. The van der Waals surface area contributed by atoms with E-state index in [1.807, 2.05) is 19.1 Å². The number of carbonyl (C=O) groups excluding carboxylic acids is 1. The number of nitrogens with one attached hydrogen (secondary N) is 1. The summed E-state index contributed by atoms with van der Waals surface area (Å²) in [6.07, 6.45) is 3.35. The van der Waals surface area contributed by atoms with Crippen LogP contribution in [-0.2, 0) is 6.61 Å². The summed E-state index contributed by atoms with van der Waals surface area (Å²) in [7, 11) is 0. The minimum atomic E-state index is -0.326. The summed E-state index contributed by atoms with van der Waals surface area (Å²) < 4.78 is 23.8. The Kier molecular flexibility index (Phi) is 5.09. The quantitative estimate of drug-likeness (QED) is 0.739. The minimum Gasteiger partial charge on any atom is -0.486 e. The van der Waals surface area contributed by atoms with Crippen LogP contribution in [0.15, 0.2) is 65.3 Å². The molecule has 0 radical (unpaired) electrons. The van der Waals surface area contributed by atoms with Crippen LogP contribution in [0.2, 0.25) is 0 Å². The number of pyridine rings is 1. The Bertz CT molecular complexity index is 831. The van der Waals surface area contributed by atoms with Crippen LogP contribution < -0.4 is 10.1 Å². The second kappa shape index (κ2) is 7.61. The van der Waals surface area contributed by atoms with Gasteiger partial charge in [0.2, 0.25) is 0 Å². The Hall–Kier alpha value is -3.15. The van der Waals surface area contributed by atoms with Crippen LogP contribution in [0.25, 0.3) is 0 Å². The van der Waals surface area contributed by atoms with E-state index in [0.29, 0.717) is 11.5 Å². The Labute approximate surface area is 144 Å². The maximum Gasteiger partial charge on any atom is 0.287 e. The topological polar surface area (TPSA) is 64.4 Å². The lowest BCUT2D eigenvalue weighted by Crippen LogP contribution is -2.26. The molecule has 0 aliphatic rings. The van der Waals surface area contributed by atoms with Crippen molar-refractivity contribution in [1.82, 2.24) is 10.3 Å². The first-order chi connectivity index (χ1) is 12.1. The number of halogens is 1. The van der Waals surface area contributed by atoms with Crippen LogP contribution in [0.3, 0.4) is 0 Å². The first kappa shape index (κ1) is 16.7. The fourth-order valence-corrected chi connectivity index (χ4v) is 2.27. The second-order valence-electron chi connectivity index (χ2n) is 5.48. The Morgan fingerprint density at radius 2 is 1.88 bits per heavy atom. The maximum atomic E-state index is 12.8. The van der Waals surface area contributed by atoms with E-state index >= 15 is 0 Å². The van der Waals surface area contributed by atoms with Crippen LogP contribution in [0.5, 0.6) is 5.75 Å². The fraction of sp³-hybridized carbons (Fsp3) is 0.158. The van der Waals surface area contributed by atoms with Crippen molar-refractivity contribution in [3.05, 3.63) is 83.8 Å². The molecule has 128 valence electrons. The molecular weight excluding hydrogens is 323 g/mol. The highest BCUT2D eigenvalue weighted by atomic mass is 19.1. The molecule has 2 heterocycles. The summed E-state index contributed by atoms with van der Waals surface area (Å²) in [4.78, 5) is 16.2. The van der Waals surface area contributed by atoms with Gasteiger partial charge in [0.05, 0.1) is 6.04 Å². The molecule has 3 aromatic rings. The van der Waals surface area contributed by atoms with Gasteiger partial charge in [-0.15, -0.1) is 0 Å². The van der Waals surface area contributed by atoms with Crippen molar-refractivity contribution in [1.29, 1.82) is 0 Å². The van der Waals surface area contributed by atoms with Crippen molar-refractivity contribution in [2.75, 3.05) is 0 Å². The Balaban J connectivity index is 1.57. The molecule has 0 aliphatic carbocycles. The summed E-state index contributed by atoms with van der Waals surface area (Å²) in [5.41, 5.74) is 0.953. The molecule has 1 atom stereocenters. The van der Waals surface area contributed by atoms with Gasteiger partial charge in [-0.2, -0.15) is 0 Å². The molecule has 0 spiro atoms. The van der Waals surface area contributed by atoms with Crippen molar-refractivity contribution in [3.63, 3.8) is 0 Å². The van der Waals surface area contributed by atoms with Crippen LogP contribution in [0.4, 0.5) is 4.39 Å². The minimum absolute atomic E-state index is 0.152. The monoisotopic (exact) mass is 340 g/mol. The first-order valence-electron chi connectivity index (χ1n) is 7.79. The van der Waals surface area contributed by atoms with Crippen molar-refractivity contribution in [2.24, 2.45) is 0 Å². The standard InChI is InChI=1S/C19H17FN2O3/c1-13(14-8-10-21-11-9-14)22-19(23)18-7-6-17(25-18)12-24-16-4-2-15(20)3-5-16/h2-11,13H,12H2,1H3,(H,22,23)/t13-/m0/s1. The van der Waals surface area contributed by atoms with Gasteiger partial charge in [-0.25, -0.2) is 4.39 Å². The number of rotatable bonds is 6. The lowest BCUT2D eigenvalue weighted by atomic mass is 10.1. The highest BCUT2D eigenvalue weighted by Gasteiger charge is 2.15. The van der Waals surface area contributed by atoms with Crippen molar-refractivity contribution >= 4 is 5.91 Å². The summed E-state index contributed by atoms with van der Waals surface area (Å²) >= 11 is 0. The van der Waals surface area contributed by atoms with Gasteiger partial charge in [-0.3, -0.25) is 9.78 Å². The number of hydrogen-bond donors (Lipinski definition) is 1. The summed E-state index contributed by atoms with van der Waals surface area (Å²) in [5, 5.41) is 2.86. The van der Waals surface area contributed by atoms with Crippen LogP contribution in [0.1, 0.15) is 34.8 Å². The van der Waals surface area contributed by atoms with E-state index < -0.39 is 0 Å². The molecule has 0 bridgehead atoms. The van der Waals surface area contributed by atoms with E-state index in [1.165, 1.54) is 24.3 Å². The molecule has 6 heteroatoms. The molecule has 0 fully saturated rings. The molecule has 2 aromatic heterocycles. The number of amides is 1. The molecule has 0 aliphatic heterocycles. The Morgan fingerprint density at radius 3 is 2.60 bits per heavy atom. The number of nitrogens with zero attached hydrogens (tertiary/aromatic N) is 1. The number of hydrogen-bond acceptors (Lipinski definition) is 4. The van der Waals surface area contributed by atoms with Crippen molar-refractivity contribution < 1.29 is 18.3 Å². The van der Waals surface area contributed by atoms with Crippen molar-refractivity contribution in [2.45, 2.75) is 19.6 Å². The zero-order chi connectivity index (χ0) is 17.6. The predicted octanol–water partition coefficient (Wildman–Crippen LogP) is 3.88. The summed E-state index contributed by atoms with van der Waals surface area (Å²) in [5.74, 6) is 0.602. The van der Waals surface area contributed by atoms with Gasteiger partial charge in [0, 0.05) is 12.4 Å². The van der Waals surface area contributed by atoms with Gasteiger partial charge in [0.1, 0.15) is 23.9 Å². The van der Waals surface area contributed by atoms with Gasteiger partial charge in [-0.1, -0.05) is 0 Å². The third-order valence-electron chi connectivity index (χ3n) is 3.63. The zero-order valence-electron chi connectivity index (χ0n) is 13.6. The number of furan rings is 1. The van der Waals surface area contributed by atoms with Gasteiger partial charge in [0.25, 0.3) is 5.91 Å². The highest BCUT2D eigenvalue weighted by Crippen LogP contribution is 2.16. The molecule has 0 saturated heterocycles. The molecule has 1 amide bonds. The summed E-state index contributed by atoms with van der Waals surface area (Å²) in [6, 6.07) is 12.5. The van der Waals surface area contributed by atoms with Gasteiger partial charge in [0.15, 0.2) is 5.76 Å². The molecular formula is C19H17FN2O3. The lowest BCUT2D eigenvalue weighted by Gasteiger charge is -2.12. The maximum absolute atomic E-state index is 12.8. The van der Waals surface area contributed by atoms with Gasteiger partial charge >= 0.3 is 0 Å². The van der Waals surface area contributed by atoms with E-state index in [0.717, 1.165) is 5.56 Å². The smallest absolute Gasteiger partial charge is 0.287 e. The van der Waals surface area contributed by atoms with Crippen LogP contribution in [0, 0.1) is 5.82 Å². The average molecular weight is 340 g/mol. The number of benzene rings is 1.